The van der Waals surface area contributed by atoms with Crippen molar-refractivity contribution in [3.05, 3.63) is 70.9 Å². The topological polar surface area (TPSA) is 84.1 Å². The maximum atomic E-state index is 11.8. The molecule has 1 aromatic heterocycles. The molecule has 1 amide bonds. The van der Waals surface area contributed by atoms with Gasteiger partial charge in [0.25, 0.3) is 0 Å². The van der Waals surface area contributed by atoms with Crippen molar-refractivity contribution in [3.63, 3.8) is 0 Å². The van der Waals surface area contributed by atoms with Gasteiger partial charge in [-0.05, 0) is 28.7 Å². The maximum Gasteiger partial charge on any atom is 0.223 e. The van der Waals surface area contributed by atoms with E-state index in [0.717, 1.165) is 35.2 Å². The van der Waals surface area contributed by atoms with Crippen molar-refractivity contribution in [2.45, 2.75) is 25.9 Å². The number of nitrogens with two attached hydrogens (primary N) is 1. The summed E-state index contributed by atoms with van der Waals surface area (Å²) < 4.78 is 0. The number of benzene rings is 2. The lowest BCUT2D eigenvalue weighted by Crippen LogP contribution is -2.23. The minimum atomic E-state index is 0.139. The summed E-state index contributed by atoms with van der Waals surface area (Å²) in [7, 11) is 0. The first kappa shape index (κ1) is 19.2. The van der Waals surface area contributed by atoms with E-state index in [1.54, 1.807) is 6.07 Å². The zero-order chi connectivity index (χ0) is 20.2. The van der Waals surface area contributed by atoms with Crippen molar-refractivity contribution in [1.82, 2.24) is 14.9 Å². The molecule has 2 heterocycles. The molecule has 0 radical (unpaired) electrons. The number of carbonyl (C=O) groups excluding carboxylic acids is 1. The van der Waals surface area contributed by atoms with E-state index in [-0.39, 0.29) is 11.9 Å². The van der Waals surface area contributed by atoms with E-state index in [2.05, 4.69) is 51.7 Å². The summed E-state index contributed by atoms with van der Waals surface area (Å²) in [5.41, 5.74) is 10.2. The number of nitrogens with one attached hydrogen (secondary N) is 1. The normalized spacial score (nSPS) is 13.7. The van der Waals surface area contributed by atoms with Gasteiger partial charge in [-0.15, -0.1) is 0 Å². The minimum Gasteiger partial charge on any atom is -0.368 e. The third-order valence-electron chi connectivity index (χ3n) is 5.00. The number of rotatable bonds is 6. The van der Waals surface area contributed by atoms with Gasteiger partial charge in [0.05, 0.1) is 0 Å². The fourth-order valence-corrected chi connectivity index (χ4v) is 3.74. The van der Waals surface area contributed by atoms with E-state index >= 15 is 0 Å². The van der Waals surface area contributed by atoms with Crippen LogP contribution in [0.5, 0.6) is 0 Å². The summed E-state index contributed by atoms with van der Waals surface area (Å²) in [5, 5.41) is 3.56. The molecule has 4 rings (SSSR count). The minimum absolute atomic E-state index is 0.139. The lowest BCUT2D eigenvalue weighted by atomic mass is 9.98. The predicted molar refractivity (Wildman–Crippen MR) is 115 cm³/mol. The molecule has 1 aliphatic rings. The summed E-state index contributed by atoms with van der Waals surface area (Å²) in [6.07, 6.45) is 1.63. The third kappa shape index (κ3) is 4.66. The van der Waals surface area contributed by atoms with Crippen LogP contribution in [0.4, 0.5) is 11.8 Å². The van der Waals surface area contributed by atoms with E-state index in [1.807, 2.05) is 17.0 Å². The Morgan fingerprint density at radius 1 is 1.10 bits per heavy atom. The van der Waals surface area contributed by atoms with Crippen molar-refractivity contribution in [3.8, 4) is 11.1 Å². The third-order valence-corrected chi connectivity index (χ3v) is 5.19. The molecule has 2 aromatic carbocycles. The predicted octanol–water partition coefficient (Wildman–Crippen LogP) is 4.11. The molecule has 1 saturated heterocycles. The molecule has 6 nitrogen and oxygen atoms in total. The van der Waals surface area contributed by atoms with Crippen LogP contribution in [0.25, 0.3) is 11.1 Å². The highest BCUT2D eigenvalue weighted by molar-refractivity contribution is 6.29. The van der Waals surface area contributed by atoms with Gasteiger partial charge in [0.15, 0.2) is 0 Å². The van der Waals surface area contributed by atoms with Gasteiger partial charge in [0, 0.05) is 32.1 Å². The summed E-state index contributed by atoms with van der Waals surface area (Å²) in [5.74, 6) is 0.972. The Balaban J connectivity index is 1.49. The van der Waals surface area contributed by atoms with E-state index < -0.39 is 0 Å². The largest absolute Gasteiger partial charge is 0.368 e. The molecular weight excluding hydrogens is 386 g/mol. The van der Waals surface area contributed by atoms with Crippen molar-refractivity contribution in [1.29, 1.82) is 0 Å². The number of hydrogen-bond donors (Lipinski definition) is 2. The van der Waals surface area contributed by atoms with E-state index in [1.165, 1.54) is 0 Å². The Morgan fingerprint density at radius 2 is 1.90 bits per heavy atom. The fourth-order valence-electron chi connectivity index (χ4n) is 3.55. The molecule has 148 valence electrons. The highest BCUT2D eigenvalue weighted by Crippen LogP contribution is 2.26. The van der Waals surface area contributed by atoms with E-state index in [0.29, 0.717) is 30.5 Å². The van der Waals surface area contributed by atoms with Gasteiger partial charge < -0.3 is 16.0 Å². The quantitative estimate of drug-likeness (QED) is 0.600. The fraction of sp³-hybridized carbons (Fsp3) is 0.227. The molecule has 0 unspecified atom stereocenters. The molecule has 0 saturated carbocycles. The lowest BCUT2D eigenvalue weighted by Gasteiger charge is -2.16. The van der Waals surface area contributed by atoms with Crippen LogP contribution in [0.3, 0.4) is 0 Å². The Hall–Kier alpha value is -3.12. The van der Waals surface area contributed by atoms with Crippen LogP contribution in [0.15, 0.2) is 54.6 Å². The average molecular weight is 408 g/mol. The first-order chi connectivity index (χ1) is 14.1. The Kier molecular flexibility index (Phi) is 5.62. The number of nitrogen functional groups attached to an aromatic ring is 1. The molecule has 1 fully saturated rings. The second-order valence-electron chi connectivity index (χ2n) is 7.06. The van der Waals surface area contributed by atoms with Crippen LogP contribution in [0, 0.1) is 0 Å². The smallest absolute Gasteiger partial charge is 0.223 e. The number of carbonyl (C=O) groups is 1. The highest BCUT2D eigenvalue weighted by Gasteiger charge is 2.19. The molecular formula is C22H22ClN5O. The lowest BCUT2D eigenvalue weighted by molar-refractivity contribution is -0.128. The Morgan fingerprint density at radius 3 is 2.62 bits per heavy atom. The van der Waals surface area contributed by atoms with Gasteiger partial charge in [-0.1, -0.05) is 60.1 Å². The SMILES string of the molecule is Nc1nc(Cl)cc(NCc2ccccc2-c2ccc(CN3CCCC3=O)cc2)n1. The van der Waals surface area contributed by atoms with Gasteiger partial charge in [0.1, 0.15) is 11.0 Å². The highest BCUT2D eigenvalue weighted by atomic mass is 35.5. The Bertz CT molecular complexity index is 1000. The van der Waals surface area contributed by atoms with Crippen LogP contribution in [0.1, 0.15) is 24.0 Å². The van der Waals surface area contributed by atoms with Gasteiger partial charge in [-0.3, -0.25) is 4.79 Å². The molecule has 0 aliphatic carbocycles. The zero-order valence-corrected chi connectivity index (χ0v) is 16.7. The van der Waals surface area contributed by atoms with Gasteiger partial charge in [-0.2, -0.15) is 4.98 Å². The molecule has 7 heteroatoms. The average Bonchev–Trinajstić information content (AvgIpc) is 3.11. The molecule has 0 spiro atoms. The summed E-state index contributed by atoms with van der Waals surface area (Å²) in [4.78, 5) is 21.8. The van der Waals surface area contributed by atoms with Crippen LogP contribution < -0.4 is 11.1 Å². The number of likely N-dealkylation sites (tertiary alicyclic amines) is 1. The monoisotopic (exact) mass is 407 g/mol. The number of hydrogen-bond acceptors (Lipinski definition) is 5. The van der Waals surface area contributed by atoms with E-state index in [9.17, 15) is 4.79 Å². The molecule has 29 heavy (non-hydrogen) atoms. The number of anilines is 2. The molecule has 0 bridgehead atoms. The molecule has 1 aliphatic heterocycles. The molecule has 0 atom stereocenters. The summed E-state index contributed by atoms with van der Waals surface area (Å²) in [6.45, 7) is 2.11. The van der Waals surface area contributed by atoms with Crippen molar-refractivity contribution in [2.75, 3.05) is 17.6 Å². The molecule has 3 N–H and O–H groups in total. The first-order valence-corrected chi connectivity index (χ1v) is 9.95. The van der Waals surface area contributed by atoms with E-state index in [4.69, 9.17) is 17.3 Å². The Labute approximate surface area is 174 Å². The first-order valence-electron chi connectivity index (χ1n) is 9.57. The summed E-state index contributed by atoms with van der Waals surface area (Å²) >= 11 is 5.95. The van der Waals surface area contributed by atoms with Gasteiger partial charge >= 0.3 is 0 Å². The number of amides is 1. The molecule has 3 aromatic rings. The van der Waals surface area contributed by atoms with Crippen molar-refractivity contribution < 1.29 is 4.79 Å². The van der Waals surface area contributed by atoms with Crippen LogP contribution in [-0.4, -0.2) is 27.3 Å². The maximum absolute atomic E-state index is 11.8. The van der Waals surface area contributed by atoms with Crippen LogP contribution in [0.2, 0.25) is 5.15 Å². The van der Waals surface area contributed by atoms with Crippen molar-refractivity contribution in [2.24, 2.45) is 0 Å². The zero-order valence-electron chi connectivity index (χ0n) is 15.9. The van der Waals surface area contributed by atoms with Crippen LogP contribution in [-0.2, 0) is 17.9 Å². The second kappa shape index (κ2) is 8.49. The van der Waals surface area contributed by atoms with Gasteiger partial charge in [-0.25, -0.2) is 4.98 Å². The second-order valence-corrected chi connectivity index (χ2v) is 7.45. The number of nitrogens with zero attached hydrogens (tertiary/aromatic N) is 3. The van der Waals surface area contributed by atoms with Crippen molar-refractivity contribution >= 4 is 29.3 Å². The standard InChI is InChI=1S/C22H22ClN5O/c23-19-12-20(27-22(24)26-19)25-13-17-4-1-2-5-18(17)16-9-7-15(8-10-16)14-28-11-3-6-21(28)29/h1-2,4-5,7-10,12H,3,6,11,13-14H2,(H3,24,25,26,27). The summed E-state index contributed by atoms with van der Waals surface area (Å²) in [6, 6.07) is 18.2. The number of halogens is 1. The van der Waals surface area contributed by atoms with Gasteiger partial charge in [0.2, 0.25) is 11.9 Å². The number of aromatic nitrogens is 2. The van der Waals surface area contributed by atoms with Crippen LogP contribution >= 0.6 is 11.6 Å².